The summed E-state index contributed by atoms with van der Waals surface area (Å²) in [6, 6.07) is 9.34. The first-order valence-corrected chi connectivity index (χ1v) is 12.3. The van der Waals surface area contributed by atoms with E-state index in [0.29, 0.717) is 42.2 Å². The van der Waals surface area contributed by atoms with Crippen LogP contribution in [0.3, 0.4) is 0 Å². The fraction of sp³-hybridized carbons (Fsp3) is 0.444. The molecule has 1 unspecified atom stereocenters. The van der Waals surface area contributed by atoms with Crippen LogP contribution in [-0.2, 0) is 22.6 Å². The van der Waals surface area contributed by atoms with Crippen LogP contribution in [0.2, 0.25) is 5.02 Å². The summed E-state index contributed by atoms with van der Waals surface area (Å²) in [6.45, 7) is 5.76. The number of rotatable bonds is 2. The highest BCUT2D eigenvalue weighted by Crippen LogP contribution is 2.46. The summed E-state index contributed by atoms with van der Waals surface area (Å²) in [5.41, 5.74) is 1.79. The first kappa shape index (κ1) is 23.7. The molecule has 0 aromatic heterocycles. The molecule has 35 heavy (non-hydrogen) atoms. The lowest BCUT2D eigenvalue weighted by Crippen LogP contribution is -2.61. The number of amides is 1. The number of halogens is 1. The van der Waals surface area contributed by atoms with Crippen molar-refractivity contribution in [2.24, 2.45) is 5.92 Å². The second kappa shape index (κ2) is 8.26. The number of nitrogens with zero attached hydrogens (tertiary/aromatic N) is 1. The molecule has 1 amide bonds. The smallest absolute Gasteiger partial charge is 0.411 e. The summed E-state index contributed by atoms with van der Waals surface area (Å²) in [5, 5.41) is 11.0. The third-order valence-corrected chi connectivity index (χ3v) is 7.45. The van der Waals surface area contributed by atoms with Gasteiger partial charge in [0.15, 0.2) is 11.3 Å². The lowest BCUT2D eigenvalue weighted by molar-refractivity contribution is -0.152. The molecule has 0 radical (unpaired) electrons. The maximum Gasteiger partial charge on any atom is 0.411 e. The summed E-state index contributed by atoms with van der Waals surface area (Å²) >= 11 is 6.11. The van der Waals surface area contributed by atoms with E-state index in [0.717, 1.165) is 22.3 Å². The highest BCUT2D eigenvalue weighted by atomic mass is 35.5. The fourth-order valence-electron chi connectivity index (χ4n) is 5.71. The number of carbonyl (C=O) groups excluding carboxylic acids is 2. The number of benzene rings is 2. The van der Waals surface area contributed by atoms with E-state index >= 15 is 0 Å². The number of aliphatic carboxylic acids is 1. The molecular formula is C27H28ClNO6. The van der Waals surface area contributed by atoms with Gasteiger partial charge in [-0.05, 0) is 93.5 Å². The van der Waals surface area contributed by atoms with E-state index in [2.05, 4.69) is 0 Å². The standard InChI is InChI=1S/C27H28ClNO6/c1-26(2,3)35-25(33)29-10-4-9-27(29,24(31)32)21-8-5-15-11-19-16(12-20(15)23(21)30)14-34-22-13-17(28)6-7-18(19)22/h6-7,11-13,21H,4-5,8-10,14H2,1-3H3,(H,31,32)/t21?,27-/m1/s1. The molecule has 5 rings (SSSR count). The molecular weight excluding hydrogens is 470 g/mol. The Morgan fingerprint density at radius 2 is 1.89 bits per heavy atom. The zero-order valence-electron chi connectivity index (χ0n) is 20.0. The molecule has 184 valence electrons. The van der Waals surface area contributed by atoms with Gasteiger partial charge in [0, 0.05) is 22.7 Å². The van der Waals surface area contributed by atoms with E-state index in [1.165, 1.54) is 4.90 Å². The number of carboxylic acids is 1. The Balaban J connectivity index is 1.53. The molecule has 2 aliphatic heterocycles. The third-order valence-electron chi connectivity index (χ3n) is 7.21. The number of ether oxygens (including phenoxy) is 2. The van der Waals surface area contributed by atoms with Crippen molar-refractivity contribution in [1.29, 1.82) is 0 Å². The van der Waals surface area contributed by atoms with Crippen molar-refractivity contribution in [3.63, 3.8) is 0 Å². The molecule has 2 atom stereocenters. The van der Waals surface area contributed by atoms with E-state index in [9.17, 15) is 19.5 Å². The van der Waals surface area contributed by atoms with Crippen LogP contribution < -0.4 is 4.74 Å². The molecule has 0 spiro atoms. The van der Waals surface area contributed by atoms with Gasteiger partial charge in [-0.2, -0.15) is 0 Å². The molecule has 3 aliphatic rings. The second-order valence-corrected chi connectivity index (χ2v) is 11.0. The molecule has 1 aliphatic carbocycles. The Kier molecular flexibility index (Phi) is 5.59. The van der Waals surface area contributed by atoms with Gasteiger partial charge in [-0.25, -0.2) is 9.59 Å². The molecule has 7 nitrogen and oxygen atoms in total. The summed E-state index contributed by atoms with van der Waals surface area (Å²) in [4.78, 5) is 40.9. The second-order valence-electron chi connectivity index (χ2n) is 10.5. The number of likely N-dealkylation sites (tertiary alicyclic amines) is 1. The number of hydrogen-bond donors (Lipinski definition) is 1. The van der Waals surface area contributed by atoms with Gasteiger partial charge in [0.05, 0.1) is 5.92 Å². The lowest BCUT2D eigenvalue weighted by atomic mass is 9.69. The van der Waals surface area contributed by atoms with Gasteiger partial charge in [-0.1, -0.05) is 11.6 Å². The van der Waals surface area contributed by atoms with Crippen LogP contribution in [-0.4, -0.2) is 45.5 Å². The predicted molar refractivity (Wildman–Crippen MR) is 130 cm³/mol. The zero-order valence-corrected chi connectivity index (χ0v) is 20.8. The quantitative estimate of drug-likeness (QED) is 0.589. The number of carboxylic acid groups (broad SMARTS) is 1. The minimum atomic E-state index is -1.62. The third kappa shape index (κ3) is 3.86. The van der Waals surface area contributed by atoms with Gasteiger partial charge < -0.3 is 14.6 Å². The average Bonchev–Trinajstić information content (AvgIpc) is 3.23. The van der Waals surface area contributed by atoms with E-state index in [-0.39, 0.29) is 18.7 Å². The number of fused-ring (bicyclic) bond motifs is 4. The maximum atomic E-state index is 13.8. The van der Waals surface area contributed by atoms with Crippen LogP contribution in [0.15, 0.2) is 30.3 Å². The molecule has 1 saturated heterocycles. The van der Waals surface area contributed by atoms with Crippen LogP contribution >= 0.6 is 11.6 Å². The molecule has 1 N–H and O–H groups in total. The van der Waals surface area contributed by atoms with Crippen LogP contribution in [0.4, 0.5) is 4.79 Å². The van der Waals surface area contributed by atoms with Crippen molar-refractivity contribution in [1.82, 2.24) is 4.90 Å². The number of aryl methyl sites for hydroxylation is 1. The van der Waals surface area contributed by atoms with Crippen molar-refractivity contribution in [3.8, 4) is 16.9 Å². The average molecular weight is 498 g/mol. The summed E-state index contributed by atoms with van der Waals surface area (Å²) in [7, 11) is 0. The summed E-state index contributed by atoms with van der Waals surface area (Å²) in [6.07, 6.45) is 0.917. The van der Waals surface area contributed by atoms with E-state index in [4.69, 9.17) is 21.1 Å². The normalized spacial score (nSPS) is 23.1. The van der Waals surface area contributed by atoms with Crippen molar-refractivity contribution < 1.29 is 29.0 Å². The SMILES string of the molecule is CC(C)(C)OC(=O)N1CCC[C@]1(C(=O)O)C1CCc2cc3c(cc2C1=O)COc1cc(Cl)ccc1-3. The highest BCUT2D eigenvalue weighted by molar-refractivity contribution is 6.30. The largest absolute Gasteiger partial charge is 0.488 e. The molecule has 8 heteroatoms. The van der Waals surface area contributed by atoms with Gasteiger partial charge in [-0.15, -0.1) is 0 Å². The highest BCUT2D eigenvalue weighted by Gasteiger charge is 2.59. The molecule has 2 aromatic rings. The molecule has 1 fully saturated rings. The number of ketones is 1. The molecule has 0 bridgehead atoms. The van der Waals surface area contributed by atoms with Crippen LogP contribution in [0.25, 0.3) is 11.1 Å². The Morgan fingerprint density at radius 3 is 2.60 bits per heavy atom. The first-order valence-electron chi connectivity index (χ1n) is 11.9. The van der Waals surface area contributed by atoms with Crippen molar-refractivity contribution in [3.05, 3.63) is 52.0 Å². The topological polar surface area (TPSA) is 93.1 Å². The molecule has 2 aromatic carbocycles. The van der Waals surface area contributed by atoms with Gasteiger partial charge in [0.1, 0.15) is 18.0 Å². The number of hydrogen-bond acceptors (Lipinski definition) is 5. The zero-order chi connectivity index (χ0) is 25.1. The minimum Gasteiger partial charge on any atom is -0.488 e. The Labute approximate surface area is 209 Å². The van der Waals surface area contributed by atoms with Crippen LogP contribution in [0.5, 0.6) is 5.75 Å². The van der Waals surface area contributed by atoms with Crippen molar-refractivity contribution >= 4 is 29.4 Å². The van der Waals surface area contributed by atoms with Gasteiger partial charge in [0.25, 0.3) is 0 Å². The maximum absolute atomic E-state index is 13.8. The number of carbonyl (C=O) groups is 3. The van der Waals surface area contributed by atoms with E-state index in [1.807, 2.05) is 18.2 Å². The summed E-state index contributed by atoms with van der Waals surface area (Å²) in [5.74, 6) is -1.55. The Bertz CT molecular complexity index is 1250. The fourth-order valence-corrected chi connectivity index (χ4v) is 5.87. The van der Waals surface area contributed by atoms with E-state index in [1.54, 1.807) is 32.9 Å². The lowest BCUT2D eigenvalue weighted by Gasteiger charge is -2.42. The molecule has 0 saturated carbocycles. The van der Waals surface area contributed by atoms with Crippen molar-refractivity contribution in [2.75, 3.05) is 6.54 Å². The number of Topliss-reactive ketones (excluding diaryl/α,β-unsaturated/α-hetero) is 1. The van der Waals surface area contributed by atoms with Crippen LogP contribution in [0, 0.1) is 5.92 Å². The van der Waals surface area contributed by atoms with Gasteiger partial charge in [-0.3, -0.25) is 9.69 Å². The monoisotopic (exact) mass is 497 g/mol. The van der Waals surface area contributed by atoms with Crippen LogP contribution in [0.1, 0.15) is 61.5 Å². The minimum absolute atomic E-state index is 0.218. The molecule has 2 heterocycles. The Hall–Kier alpha value is -3.06. The summed E-state index contributed by atoms with van der Waals surface area (Å²) < 4.78 is 11.4. The van der Waals surface area contributed by atoms with E-state index < -0.39 is 29.1 Å². The van der Waals surface area contributed by atoms with Crippen molar-refractivity contribution in [2.45, 2.75) is 64.2 Å². The Morgan fingerprint density at radius 1 is 1.14 bits per heavy atom. The predicted octanol–water partition coefficient (Wildman–Crippen LogP) is 5.50. The first-order chi connectivity index (χ1) is 16.5. The van der Waals surface area contributed by atoms with Gasteiger partial charge >= 0.3 is 12.1 Å². The van der Waals surface area contributed by atoms with Gasteiger partial charge in [0.2, 0.25) is 0 Å².